The van der Waals surface area contributed by atoms with Crippen molar-refractivity contribution in [2.75, 3.05) is 14.2 Å². The number of hydrogen-bond acceptors (Lipinski definition) is 2. The summed E-state index contributed by atoms with van der Waals surface area (Å²) < 4.78 is 11.6. The first-order chi connectivity index (χ1) is 13.8. The molecule has 0 N–H and O–H groups in total. The third-order valence-electron chi connectivity index (χ3n) is 6.05. The average Bonchev–Trinajstić information content (AvgIpc) is 2.72. The van der Waals surface area contributed by atoms with Crippen LogP contribution < -0.4 is 9.47 Å². The van der Waals surface area contributed by atoms with E-state index in [0.29, 0.717) is 0 Å². The molecule has 2 aromatic rings. The molecule has 0 atom stereocenters. The molecule has 0 unspecified atom stereocenters. The summed E-state index contributed by atoms with van der Waals surface area (Å²) in [5.74, 6) is 2.28. The van der Waals surface area contributed by atoms with Gasteiger partial charge in [-0.1, -0.05) is 62.1 Å². The van der Waals surface area contributed by atoms with Crippen LogP contribution in [0.2, 0.25) is 0 Å². The maximum Gasteiger partial charge on any atom is 0.125 e. The maximum absolute atomic E-state index is 5.80. The first-order valence-electron chi connectivity index (χ1n) is 11.1. The molecule has 0 spiro atoms. The van der Waals surface area contributed by atoms with Crippen molar-refractivity contribution < 1.29 is 9.47 Å². The minimum absolute atomic E-state index is 1.12. The van der Waals surface area contributed by atoms with E-state index in [9.17, 15) is 0 Å². The van der Waals surface area contributed by atoms with Crippen LogP contribution in [0.15, 0.2) is 36.4 Å². The number of fused-ring (bicyclic) bond motifs is 4. The van der Waals surface area contributed by atoms with Crippen molar-refractivity contribution in [3.05, 3.63) is 58.7 Å². The molecule has 0 aromatic heterocycles. The summed E-state index contributed by atoms with van der Waals surface area (Å²) in [4.78, 5) is 0. The van der Waals surface area contributed by atoms with Crippen LogP contribution >= 0.6 is 0 Å². The van der Waals surface area contributed by atoms with Crippen molar-refractivity contribution in [1.82, 2.24) is 0 Å². The van der Waals surface area contributed by atoms with Crippen LogP contribution in [0.1, 0.15) is 73.6 Å². The number of hydrogen-bond donors (Lipinski definition) is 0. The molecule has 0 heterocycles. The lowest BCUT2D eigenvalue weighted by atomic mass is 9.96. The van der Waals surface area contributed by atoms with Gasteiger partial charge in [-0.25, -0.2) is 0 Å². The van der Waals surface area contributed by atoms with Gasteiger partial charge in [0, 0.05) is 0 Å². The molecule has 0 radical (unpaired) electrons. The molecular weight excluding hydrogens is 344 g/mol. The van der Waals surface area contributed by atoms with Crippen molar-refractivity contribution in [2.45, 2.75) is 77.0 Å². The van der Waals surface area contributed by atoms with Crippen molar-refractivity contribution in [3.63, 3.8) is 0 Å². The molecule has 2 aromatic carbocycles. The quantitative estimate of drug-likeness (QED) is 0.576. The number of rotatable bonds is 2. The Morgan fingerprint density at radius 2 is 0.750 bits per heavy atom. The topological polar surface area (TPSA) is 18.5 Å². The van der Waals surface area contributed by atoms with Gasteiger partial charge in [0.2, 0.25) is 0 Å². The Morgan fingerprint density at radius 3 is 1.00 bits per heavy atom. The van der Waals surface area contributed by atoms with E-state index in [-0.39, 0.29) is 0 Å². The summed E-state index contributed by atoms with van der Waals surface area (Å²) in [6.07, 6.45) is 14.5. The van der Waals surface area contributed by atoms with E-state index < -0.39 is 0 Å². The molecule has 0 saturated carbocycles. The second-order valence-corrected chi connectivity index (χ2v) is 8.05. The summed E-state index contributed by atoms with van der Waals surface area (Å²) in [5.41, 5.74) is 5.54. The van der Waals surface area contributed by atoms with Crippen LogP contribution in [0.3, 0.4) is 0 Å². The van der Waals surface area contributed by atoms with Gasteiger partial charge in [0.05, 0.1) is 14.2 Å². The predicted octanol–water partition coefficient (Wildman–Crippen LogP) is 6.71. The second-order valence-electron chi connectivity index (χ2n) is 8.05. The van der Waals surface area contributed by atoms with E-state index in [2.05, 4.69) is 36.4 Å². The summed E-state index contributed by atoms with van der Waals surface area (Å²) in [5, 5.41) is 0. The lowest BCUT2D eigenvalue weighted by molar-refractivity contribution is 0.400. The van der Waals surface area contributed by atoms with Gasteiger partial charge in [0.15, 0.2) is 0 Å². The molecule has 3 rings (SSSR count). The molecule has 2 heteroatoms. The molecule has 0 saturated heterocycles. The maximum atomic E-state index is 5.80. The highest BCUT2D eigenvalue weighted by molar-refractivity contribution is 5.42. The number of benzene rings is 2. The van der Waals surface area contributed by atoms with Gasteiger partial charge < -0.3 is 9.47 Å². The lowest BCUT2D eigenvalue weighted by Gasteiger charge is -2.15. The fraction of sp³-hybridized carbons (Fsp3) is 0.538. The molecule has 0 fully saturated rings. The summed E-state index contributed by atoms with van der Waals surface area (Å²) >= 11 is 0. The van der Waals surface area contributed by atoms with Crippen molar-refractivity contribution >= 4 is 0 Å². The average molecular weight is 381 g/mol. The van der Waals surface area contributed by atoms with Crippen LogP contribution in [0.4, 0.5) is 0 Å². The largest absolute Gasteiger partial charge is 0.496 e. The van der Waals surface area contributed by atoms with E-state index >= 15 is 0 Å². The van der Waals surface area contributed by atoms with Crippen molar-refractivity contribution in [1.29, 1.82) is 0 Å². The van der Waals surface area contributed by atoms with Crippen molar-refractivity contribution in [3.8, 4) is 11.5 Å². The van der Waals surface area contributed by atoms with E-state index in [1.807, 2.05) is 14.2 Å². The number of para-hydroxylation sites is 2. The normalized spacial score (nSPS) is 16.6. The Hall–Kier alpha value is -1.96. The predicted molar refractivity (Wildman–Crippen MR) is 118 cm³/mol. The first-order valence-corrected chi connectivity index (χ1v) is 11.1. The fourth-order valence-electron chi connectivity index (χ4n) is 4.56. The molecule has 152 valence electrons. The number of ether oxygens (including phenoxy) is 2. The minimum Gasteiger partial charge on any atom is -0.496 e. The molecule has 0 aliphatic heterocycles. The SMILES string of the molecule is COc1c2cccc1CCCCCCc1cccc(c1OC)CCCCCC2. The third kappa shape index (κ3) is 5.53. The Kier molecular flexibility index (Phi) is 8.26. The van der Waals surface area contributed by atoms with E-state index in [0.717, 1.165) is 37.2 Å². The van der Waals surface area contributed by atoms with E-state index in [1.54, 1.807) is 0 Å². The molecule has 0 amide bonds. The molecule has 2 nitrogen and oxygen atoms in total. The molecule has 1 aliphatic carbocycles. The highest BCUT2D eigenvalue weighted by Gasteiger charge is 2.11. The molecule has 4 bridgehead atoms. The van der Waals surface area contributed by atoms with Gasteiger partial charge in [0.1, 0.15) is 11.5 Å². The Labute approximate surface area is 171 Å². The van der Waals surface area contributed by atoms with Gasteiger partial charge in [-0.05, 0) is 73.6 Å². The number of aryl methyl sites for hydroxylation is 4. The van der Waals surface area contributed by atoms with Gasteiger partial charge in [-0.2, -0.15) is 0 Å². The van der Waals surface area contributed by atoms with Crippen LogP contribution in [-0.2, 0) is 25.7 Å². The Balaban J connectivity index is 1.70. The summed E-state index contributed by atoms with van der Waals surface area (Å²) in [6.45, 7) is 0. The monoisotopic (exact) mass is 380 g/mol. The van der Waals surface area contributed by atoms with Crippen LogP contribution in [0.25, 0.3) is 0 Å². The lowest BCUT2D eigenvalue weighted by Crippen LogP contribution is -2.00. The van der Waals surface area contributed by atoms with E-state index in [4.69, 9.17) is 9.47 Å². The minimum atomic E-state index is 1.12. The van der Waals surface area contributed by atoms with Crippen LogP contribution in [0.5, 0.6) is 11.5 Å². The summed E-state index contributed by atoms with van der Waals surface area (Å²) in [6, 6.07) is 13.4. The third-order valence-corrected chi connectivity index (χ3v) is 6.05. The first kappa shape index (κ1) is 20.8. The molecular formula is C26H36O2. The van der Waals surface area contributed by atoms with Crippen LogP contribution in [0, 0.1) is 0 Å². The zero-order valence-corrected chi connectivity index (χ0v) is 17.8. The second kappa shape index (κ2) is 11.1. The zero-order chi connectivity index (χ0) is 19.6. The highest BCUT2D eigenvalue weighted by Crippen LogP contribution is 2.29. The van der Waals surface area contributed by atoms with Gasteiger partial charge in [0.25, 0.3) is 0 Å². The smallest absolute Gasteiger partial charge is 0.125 e. The fourth-order valence-corrected chi connectivity index (χ4v) is 4.56. The Morgan fingerprint density at radius 1 is 0.464 bits per heavy atom. The van der Waals surface area contributed by atoms with Gasteiger partial charge in [-0.15, -0.1) is 0 Å². The standard InChI is InChI=1S/C26H36O2/c1-27-25-21-13-7-3-5-9-15-23-19-12-20-24(26(23)28-2)16-10-6-4-8-14-22(25)18-11-17-21/h11-12,17-20H,3-10,13-16H2,1-2H3. The Bertz CT molecular complexity index is 619. The highest BCUT2D eigenvalue weighted by atomic mass is 16.5. The summed E-state index contributed by atoms with van der Waals surface area (Å²) in [7, 11) is 3.66. The van der Waals surface area contributed by atoms with E-state index in [1.165, 1.54) is 73.6 Å². The van der Waals surface area contributed by atoms with Gasteiger partial charge >= 0.3 is 0 Å². The van der Waals surface area contributed by atoms with Gasteiger partial charge in [-0.3, -0.25) is 0 Å². The molecule has 28 heavy (non-hydrogen) atoms. The zero-order valence-electron chi connectivity index (χ0n) is 17.8. The van der Waals surface area contributed by atoms with Crippen molar-refractivity contribution in [2.24, 2.45) is 0 Å². The molecule has 1 aliphatic rings. The van der Waals surface area contributed by atoms with Crippen LogP contribution in [-0.4, -0.2) is 14.2 Å². The number of methoxy groups -OCH3 is 2.